The minimum Gasteiger partial charge on any atom is -0.496 e. The van der Waals surface area contributed by atoms with E-state index >= 15 is 0 Å². The van der Waals surface area contributed by atoms with Crippen LogP contribution in [0.2, 0.25) is 0 Å². The summed E-state index contributed by atoms with van der Waals surface area (Å²) >= 11 is 0. The number of Topliss-reactive ketones (excluding diaryl/α,β-unsaturated/α-hetero) is 1. The SMILES string of the molecule is COc1ccc(F)cc1C(=O)C1CCC(O)CC1. The molecule has 0 amide bonds. The number of hydrogen-bond donors (Lipinski definition) is 1. The van der Waals surface area contributed by atoms with E-state index in [-0.39, 0.29) is 17.8 Å². The highest BCUT2D eigenvalue weighted by atomic mass is 19.1. The molecular weight excluding hydrogens is 235 g/mol. The van der Waals surface area contributed by atoms with Crippen molar-refractivity contribution in [1.82, 2.24) is 0 Å². The molecule has 2 rings (SSSR count). The molecule has 0 bridgehead atoms. The Morgan fingerprint density at radius 1 is 1.33 bits per heavy atom. The van der Waals surface area contributed by atoms with Crippen LogP contribution in [0.4, 0.5) is 4.39 Å². The third kappa shape index (κ3) is 2.70. The number of benzene rings is 1. The number of carbonyl (C=O) groups excluding carboxylic acids is 1. The lowest BCUT2D eigenvalue weighted by atomic mass is 9.82. The summed E-state index contributed by atoms with van der Waals surface area (Å²) in [5.74, 6) is -0.245. The van der Waals surface area contributed by atoms with E-state index in [1.165, 1.54) is 25.3 Å². The number of aliphatic hydroxyl groups is 1. The maximum atomic E-state index is 13.2. The first-order chi connectivity index (χ1) is 8.61. The third-order valence-corrected chi connectivity index (χ3v) is 3.49. The van der Waals surface area contributed by atoms with Crippen molar-refractivity contribution in [1.29, 1.82) is 0 Å². The Hall–Kier alpha value is -1.42. The molecule has 0 saturated heterocycles. The maximum Gasteiger partial charge on any atom is 0.169 e. The molecule has 3 nitrogen and oxygen atoms in total. The summed E-state index contributed by atoms with van der Waals surface area (Å²) in [4.78, 5) is 12.3. The lowest BCUT2D eigenvalue weighted by Crippen LogP contribution is -2.24. The number of rotatable bonds is 3. The van der Waals surface area contributed by atoms with Crippen molar-refractivity contribution in [3.63, 3.8) is 0 Å². The number of methoxy groups -OCH3 is 1. The Labute approximate surface area is 106 Å². The van der Waals surface area contributed by atoms with Crippen LogP contribution in [0.25, 0.3) is 0 Å². The van der Waals surface area contributed by atoms with Gasteiger partial charge in [0.25, 0.3) is 0 Å². The van der Waals surface area contributed by atoms with Gasteiger partial charge in [-0.2, -0.15) is 0 Å². The lowest BCUT2D eigenvalue weighted by Gasteiger charge is -2.24. The number of ether oxygens (including phenoxy) is 1. The van der Waals surface area contributed by atoms with Crippen LogP contribution in [-0.4, -0.2) is 24.1 Å². The first kappa shape index (κ1) is 13.0. The fourth-order valence-corrected chi connectivity index (χ4v) is 2.43. The van der Waals surface area contributed by atoms with E-state index in [1.54, 1.807) is 0 Å². The molecular formula is C14H17FO3. The number of aliphatic hydroxyl groups excluding tert-OH is 1. The van der Waals surface area contributed by atoms with Crippen molar-refractivity contribution in [3.05, 3.63) is 29.6 Å². The second-order valence-electron chi connectivity index (χ2n) is 4.71. The summed E-state index contributed by atoms with van der Waals surface area (Å²) in [6.07, 6.45) is 2.27. The van der Waals surface area contributed by atoms with E-state index in [2.05, 4.69) is 0 Å². The van der Waals surface area contributed by atoms with Gasteiger partial charge in [-0.05, 0) is 43.9 Å². The number of hydrogen-bond acceptors (Lipinski definition) is 3. The topological polar surface area (TPSA) is 46.5 Å². The quantitative estimate of drug-likeness (QED) is 0.841. The third-order valence-electron chi connectivity index (χ3n) is 3.49. The van der Waals surface area contributed by atoms with E-state index in [0.717, 1.165) is 0 Å². The van der Waals surface area contributed by atoms with Crippen molar-refractivity contribution >= 4 is 5.78 Å². The standard InChI is InChI=1S/C14H17FO3/c1-18-13-7-4-10(15)8-12(13)14(17)9-2-5-11(16)6-3-9/h4,7-9,11,16H,2-3,5-6H2,1H3. The summed E-state index contributed by atoms with van der Waals surface area (Å²) in [6.45, 7) is 0. The van der Waals surface area contributed by atoms with Gasteiger partial charge in [0.1, 0.15) is 11.6 Å². The van der Waals surface area contributed by atoms with Gasteiger partial charge in [-0.3, -0.25) is 4.79 Å². The molecule has 0 aromatic heterocycles. The summed E-state index contributed by atoms with van der Waals surface area (Å²) in [5.41, 5.74) is 0.305. The van der Waals surface area contributed by atoms with Gasteiger partial charge in [0.15, 0.2) is 5.78 Å². The monoisotopic (exact) mass is 252 g/mol. The average Bonchev–Trinajstić information content (AvgIpc) is 2.39. The first-order valence-electron chi connectivity index (χ1n) is 6.17. The number of ketones is 1. The lowest BCUT2D eigenvalue weighted by molar-refractivity contribution is 0.0761. The molecule has 1 aliphatic rings. The largest absolute Gasteiger partial charge is 0.496 e. The Bertz CT molecular complexity index is 437. The van der Waals surface area contributed by atoms with Crippen LogP contribution in [0.15, 0.2) is 18.2 Å². The minimum absolute atomic E-state index is 0.0850. The zero-order valence-electron chi connectivity index (χ0n) is 10.4. The molecule has 0 atom stereocenters. The van der Waals surface area contributed by atoms with Gasteiger partial charge >= 0.3 is 0 Å². The van der Waals surface area contributed by atoms with E-state index in [9.17, 15) is 14.3 Å². The highest BCUT2D eigenvalue weighted by Gasteiger charge is 2.27. The smallest absolute Gasteiger partial charge is 0.169 e. The maximum absolute atomic E-state index is 13.2. The number of halogens is 1. The fourth-order valence-electron chi connectivity index (χ4n) is 2.43. The molecule has 4 heteroatoms. The first-order valence-corrected chi connectivity index (χ1v) is 6.17. The van der Waals surface area contributed by atoms with E-state index in [1.807, 2.05) is 0 Å². The molecule has 0 spiro atoms. The van der Waals surface area contributed by atoms with Crippen LogP contribution in [0.3, 0.4) is 0 Å². The molecule has 0 aliphatic heterocycles. The van der Waals surface area contributed by atoms with Crippen LogP contribution < -0.4 is 4.74 Å². The van der Waals surface area contributed by atoms with Crippen molar-refractivity contribution in [2.45, 2.75) is 31.8 Å². The normalized spacial score (nSPS) is 23.7. The van der Waals surface area contributed by atoms with E-state index < -0.39 is 5.82 Å². The molecule has 0 heterocycles. The predicted octanol–water partition coefficient (Wildman–Crippen LogP) is 2.57. The molecule has 1 saturated carbocycles. The molecule has 1 fully saturated rings. The van der Waals surface area contributed by atoms with Crippen molar-refractivity contribution < 1.29 is 19.0 Å². The highest BCUT2D eigenvalue weighted by molar-refractivity contribution is 6.00. The van der Waals surface area contributed by atoms with Gasteiger partial charge in [-0.1, -0.05) is 0 Å². The highest BCUT2D eigenvalue weighted by Crippen LogP contribution is 2.30. The Morgan fingerprint density at radius 3 is 2.61 bits per heavy atom. The van der Waals surface area contributed by atoms with Crippen LogP contribution in [0.1, 0.15) is 36.0 Å². The van der Waals surface area contributed by atoms with Crippen LogP contribution in [0, 0.1) is 11.7 Å². The van der Waals surface area contributed by atoms with Crippen LogP contribution in [0.5, 0.6) is 5.75 Å². The number of carbonyl (C=O) groups is 1. The average molecular weight is 252 g/mol. The summed E-state index contributed by atoms with van der Waals surface area (Å²) in [5, 5.41) is 9.43. The van der Waals surface area contributed by atoms with Crippen LogP contribution in [-0.2, 0) is 0 Å². The molecule has 1 N–H and O–H groups in total. The van der Waals surface area contributed by atoms with Gasteiger partial charge in [-0.25, -0.2) is 4.39 Å². The van der Waals surface area contributed by atoms with Crippen molar-refractivity contribution in [2.24, 2.45) is 5.92 Å². The van der Waals surface area contributed by atoms with Crippen molar-refractivity contribution in [2.75, 3.05) is 7.11 Å². The van der Waals surface area contributed by atoms with Gasteiger partial charge in [0.05, 0.1) is 18.8 Å². The molecule has 1 aromatic rings. The van der Waals surface area contributed by atoms with Gasteiger partial charge in [-0.15, -0.1) is 0 Å². The molecule has 0 radical (unpaired) electrons. The molecule has 18 heavy (non-hydrogen) atoms. The predicted molar refractivity (Wildman–Crippen MR) is 65.2 cm³/mol. The zero-order chi connectivity index (χ0) is 13.1. The molecule has 0 unspecified atom stereocenters. The zero-order valence-corrected chi connectivity index (χ0v) is 10.4. The van der Waals surface area contributed by atoms with Gasteiger partial charge in [0, 0.05) is 5.92 Å². The fraction of sp³-hybridized carbons (Fsp3) is 0.500. The second-order valence-corrected chi connectivity index (χ2v) is 4.71. The Balaban J connectivity index is 2.20. The van der Waals surface area contributed by atoms with Crippen molar-refractivity contribution in [3.8, 4) is 5.75 Å². The van der Waals surface area contributed by atoms with Crippen LogP contribution >= 0.6 is 0 Å². The van der Waals surface area contributed by atoms with Gasteiger partial charge < -0.3 is 9.84 Å². The molecule has 98 valence electrons. The molecule has 1 aromatic carbocycles. The Kier molecular flexibility index (Phi) is 3.97. The van der Waals surface area contributed by atoms with E-state index in [4.69, 9.17) is 4.74 Å². The van der Waals surface area contributed by atoms with Gasteiger partial charge in [0.2, 0.25) is 0 Å². The molecule has 1 aliphatic carbocycles. The minimum atomic E-state index is -0.435. The summed E-state index contributed by atoms with van der Waals surface area (Å²) in [6, 6.07) is 3.98. The van der Waals surface area contributed by atoms with E-state index in [0.29, 0.717) is 37.0 Å². The summed E-state index contributed by atoms with van der Waals surface area (Å²) < 4.78 is 18.3. The Morgan fingerprint density at radius 2 is 2.00 bits per heavy atom. The second kappa shape index (κ2) is 5.48. The summed E-state index contributed by atoms with van der Waals surface area (Å²) in [7, 11) is 1.47.